The van der Waals surface area contributed by atoms with Crippen LogP contribution in [0.25, 0.3) is 0 Å². The second-order valence-corrected chi connectivity index (χ2v) is 9.84. The van der Waals surface area contributed by atoms with Crippen molar-refractivity contribution >= 4 is 29.1 Å². The van der Waals surface area contributed by atoms with Crippen LogP contribution in [0.4, 0.5) is 21.8 Å². The number of halogens is 1. The van der Waals surface area contributed by atoms with Gasteiger partial charge in [-0.2, -0.15) is 4.98 Å². The molecule has 1 saturated heterocycles. The van der Waals surface area contributed by atoms with Gasteiger partial charge in [-0.15, -0.1) is 10.2 Å². The number of carbonyl (C=O) groups excluding carboxylic acids is 2. The second kappa shape index (κ2) is 9.67. The molecule has 0 bridgehead atoms. The summed E-state index contributed by atoms with van der Waals surface area (Å²) in [6, 6.07) is 6.79. The number of aryl methyl sites for hydroxylation is 1. The number of hydrogen-bond acceptors (Lipinski definition) is 7. The maximum absolute atomic E-state index is 14.7. The first-order chi connectivity index (χ1) is 17.3. The molecule has 1 aliphatic heterocycles. The van der Waals surface area contributed by atoms with Crippen LogP contribution >= 0.6 is 0 Å². The average Bonchev–Trinajstić information content (AvgIpc) is 3.62. The van der Waals surface area contributed by atoms with E-state index in [1.807, 2.05) is 48.0 Å². The van der Waals surface area contributed by atoms with Crippen molar-refractivity contribution in [1.29, 1.82) is 0 Å². The quantitative estimate of drug-likeness (QED) is 0.458. The Bertz CT molecular complexity index is 1300. The van der Waals surface area contributed by atoms with Crippen molar-refractivity contribution in [2.45, 2.75) is 51.0 Å². The number of nitrogens with zero attached hydrogens (tertiary/aromatic N) is 5. The van der Waals surface area contributed by atoms with E-state index >= 15 is 0 Å². The Hall–Kier alpha value is -3.82. The minimum absolute atomic E-state index is 0.00120. The Morgan fingerprint density at radius 3 is 2.67 bits per heavy atom. The third-order valence-electron chi connectivity index (χ3n) is 7.20. The van der Waals surface area contributed by atoms with Crippen LogP contribution in [0.5, 0.6) is 0 Å². The highest BCUT2D eigenvalue weighted by molar-refractivity contribution is 5.97. The molecule has 3 N–H and O–H groups in total. The zero-order valence-corrected chi connectivity index (χ0v) is 20.4. The predicted molar refractivity (Wildman–Crippen MR) is 134 cm³/mol. The first kappa shape index (κ1) is 23.9. The first-order valence-electron chi connectivity index (χ1n) is 12.3. The van der Waals surface area contributed by atoms with E-state index in [0.29, 0.717) is 18.4 Å². The average molecular weight is 492 g/mol. The summed E-state index contributed by atoms with van der Waals surface area (Å²) in [6.45, 7) is 2.69. The number of amides is 1. The molecule has 1 amide bonds. The normalized spacial score (nSPS) is 19.8. The van der Waals surface area contributed by atoms with Gasteiger partial charge in [-0.1, -0.05) is 6.07 Å². The molecular formula is C26H30FN7O2. The number of benzene rings is 1. The molecule has 5 rings (SSSR count). The van der Waals surface area contributed by atoms with Gasteiger partial charge in [0.15, 0.2) is 17.3 Å². The first-order valence-corrected chi connectivity index (χ1v) is 12.3. The van der Waals surface area contributed by atoms with Gasteiger partial charge in [-0.05, 0) is 68.2 Å². The lowest BCUT2D eigenvalue weighted by molar-refractivity contribution is 0.0940. The van der Waals surface area contributed by atoms with E-state index in [4.69, 9.17) is 5.73 Å². The van der Waals surface area contributed by atoms with E-state index in [1.54, 1.807) is 6.07 Å². The highest BCUT2D eigenvalue weighted by Gasteiger charge is 2.33. The van der Waals surface area contributed by atoms with Crippen molar-refractivity contribution in [3.05, 3.63) is 59.3 Å². The molecule has 2 atom stereocenters. The molecule has 1 saturated carbocycles. The van der Waals surface area contributed by atoms with Gasteiger partial charge in [-0.3, -0.25) is 9.59 Å². The largest absolute Gasteiger partial charge is 0.364 e. The van der Waals surface area contributed by atoms with Gasteiger partial charge in [0, 0.05) is 38.4 Å². The molecule has 0 spiro atoms. The molecule has 10 heteroatoms. The van der Waals surface area contributed by atoms with Gasteiger partial charge in [0.2, 0.25) is 5.95 Å². The zero-order valence-electron chi connectivity index (χ0n) is 20.4. The van der Waals surface area contributed by atoms with E-state index in [9.17, 15) is 14.0 Å². The van der Waals surface area contributed by atoms with E-state index in [1.165, 1.54) is 6.07 Å². The zero-order chi connectivity index (χ0) is 25.4. The van der Waals surface area contributed by atoms with Crippen LogP contribution in [0.2, 0.25) is 0 Å². The number of nitrogens with one attached hydrogen (secondary N) is 1. The number of Topliss-reactive ketones (excluding diaryl/α,β-unsaturated/α-hetero) is 1. The SMILES string of the molecule is C[C@@H]1[C@H](CC(=O)c2ccc(C3CC3)cc2F)CCCN1c1nnc(C(N)=O)c(Nc2ccn(C)c2)n1. The summed E-state index contributed by atoms with van der Waals surface area (Å²) in [5.41, 5.74) is 7.31. The van der Waals surface area contributed by atoms with Gasteiger partial charge in [0.25, 0.3) is 5.91 Å². The van der Waals surface area contributed by atoms with Crippen molar-refractivity contribution in [3.63, 3.8) is 0 Å². The Morgan fingerprint density at radius 2 is 2.00 bits per heavy atom. The number of hydrogen-bond donors (Lipinski definition) is 2. The van der Waals surface area contributed by atoms with Gasteiger partial charge >= 0.3 is 0 Å². The summed E-state index contributed by atoms with van der Waals surface area (Å²) in [7, 11) is 1.88. The van der Waals surface area contributed by atoms with Crippen LogP contribution in [0.1, 0.15) is 71.4 Å². The van der Waals surface area contributed by atoms with Gasteiger partial charge in [0.1, 0.15) is 5.82 Å². The maximum atomic E-state index is 14.7. The molecule has 2 aromatic heterocycles. The number of nitrogens with two attached hydrogens (primary N) is 1. The molecule has 9 nitrogen and oxygen atoms in total. The molecule has 3 aromatic rings. The lowest BCUT2D eigenvalue weighted by Gasteiger charge is -2.39. The van der Waals surface area contributed by atoms with Crippen molar-refractivity contribution in [1.82, 2.24) is 19.7 Å². The number of carbonyl (C=O) groups is 2. The number of rotatable bonds is 8. The number of aromatic nitrogens is 4. The Balaban J connectivity index is 1.34. The smallest absolute Gasteiger partial charge is 0.273 e. The number of anilines is 3. The summed E-state index contributed by atoms with van der Waals surface area (Å²) < 4.78 is 16.6. The summed E-state index contributed by atoms with van der Waals surface area (Å²) in [4.78, 5) is 31.5. The Morgan fingerprint density at radius 1 is 1.19 bits per heavy atom. The summed E-state index contributed by atoms with van der Waals surface area (Å²) in [5.74, 6) is -0.348. The minimum atomic E-state index is -0.732. The van der Waals surface area contributed by atoms with Crippen LogP contribution in [0.3, 0.4) is 0 Å². The minimum Gasteiger partial charge on any atom is -0.364 e. The maximum Gasteiger partial charge on any atom is 0.273 e. The van der Waals surface area contributed by atoms with E-state index in [2.05, 4.69) is 20.5 Å². The van der Waals surface area contributed by atoms with Gasteiger partial charge in [0.05, 0.1) is 11.3 Å². The summed E-state index contributed by atoms with van der Waals surface area (Å²) >= 11 is 0. The topological polar surface area (TPSA) is 119 Å². The molecule has 1 aromatic carbocycles. The molecule has 36 heavy (non-hydrogen) atoms. The van der Waals surface area contributed by atoms with Gasteiger partial charge in [-0.25, -0.2) is 4.39 Å². The van der Waals surface area contributed by atoms with Crippen LogP contribution in [-0.2, 0) is 7.05 Å². The summed E-state index contributed by atoms with van der Waals surface area (Å²) in [6.07, 6.45) is 7.77. The van der Waals surface area contributed by atoms with Crippen molar-refractivity contribution in [2.24, 2.45) is 18.7 Å². The highest BCUT2D eigenvalue weighted by atomic mass is 19.1. The highest BCUT2D eigenvalue weighted by Crippen LogP contribution is 2.40. The van der Waals surface area contributed by atoms with E-state index in [0.717, 1.165) is 36.9 Å². The van der Waals surface area contributed by atoms with Crippen molar-refractivity contribution in [2.75, 3.05) is 16.8 Å². The lowest BCUT2D eigenvalue weighted by atomic mass is 9.85. The molecule has 0 unspecified atom stereocenters. The fourth-order valence-electron chi connectivity index (χ4n) is 4.96. The Kier molecular flexibility index (Phi) is 6.42. The molecule has 2 fully saturated rings. The fraction of sp³-hybridized carbons (Fsp3) is 0.423. The second-order valence-electron chi connectivity index (χ2n) is 9.84. The van der Waals surface area contributed by atoms with Crippen molar-refractivity contribution < 1.29 is 14.0 Å². The van der Waals surface area contributed by atoms with Crippen LogP contribution < -0.4 is 16.0 Å². The number of primary amides is 1. The molecular weight excluding hydrogens is 461 g/mol. The van der Waals surface area contributed by atoms with Gasteiger partial charge < -0.3 is 20.5 Å². The van der Waals surface area contributed by atoms with Crippen LogP contribution in [0.15, 0.2) is 36.7 Å². The summed E-state index contributed by atoms with van der Waals surface area (Å²) in [5, 5.41) is 11.3. The molecule has 0 radical (unpaired) electrons. The van der Waals surface area contributed by atoms with Crippen LogP contribution in [0, 0.1) is 11.7 Å². The molecule has 188 valence electrons. The van der Waals surface area contributed by atoms with E-state index < -0.39 is 11.7 Å². The lowest BCUT2D eigenvalue weighted by Crippen LogP contribution is -2.45. The molecule has 2 aliphatic rings. The molecule has 1 aliphatic carbocycles. The third-order valence-corrected chi connectivity index (χ3v) is 7.20. The molecule has 3 heterocycles. The standard InChI is InChI=1S/C26H30FN7O2/c1-15-17(13-22(35)20-8-7-18(12-21(20)27)16-5-6-16)4-3-10-34(15)26-30-25(23(24(28)36)31-32-26)29-19-9-11-33(2)14-19/h7-9,11-12,14-17H,3-6,10,13H2,1-2H3,(H2,28,36)(H,29,30,32)/t15-,17+/m1/s1. The van der Waals surface area contributed by atoms with Crippen molar-refractivity contribution in [3.8, 4) is 0 Å². The van der Waals surface area contributed by atoms with E-state index in [-0.39, 0.29) is 41.2 Å². The predicted octanol–water partition coefficient (Wildman–Crippen LogP) is 3.95. The monoisotopic (exact) mass is 491 g/mol. The Labute approximate surface area is 208 Å². The number of piperidine rings is 1. The third kappa shape index (κ3) is 4.93. The van der Waals surface area contributed by atoms with Crippen LogP contribution in [-0.4, -0.2) is 44.0 Å². The number of ketones is 1. The fourth-order valence-corrected chi connectivity index (χ4v) is 4.96.